The Balaban J connectivity index is 2.30. The SMILES string of the molecule is Cc1nn(-c2ccnc(CNC(C)C)c2)c(C)c1Cl. The van der Waals surface area contributed by atoms with Gasteiger partial charge in [-0.3, -0.25) is 4.98 Å². The Morgan fingerprint density at radius 1 is 1.37 bits per heavy atom. The molecule has 0 unspecified atom stereocenters. The number of aryl methyl sites for hydroxylation is 1. The van der Waals surface area contributed by atoms with Gasteiger partial charge in [0, 0.05) is 18.8 Å². The summed E-state index contributed by atoms with van der Waals surface area (Å²) in [6, 6.07) is 4.41. The van der Waals surface area contributed by atoms with Crippen molar-refractivity contribution < 1.29 is 0 Å². The van der Waals surface area contributed by atoms with Crippen LogP contribution in [-0.2, 0) is 6.54 Å². The number of pyridine rings is 1. The number of halogens is 1. The number of nitrogens with one attached hydrogen (secondary N) is 1. The summed E-state index contributed by atoms with van der Waals surface area (Å²) in [6.45, 7) is 8.86. The van der Waals surface area contributed by atoms with Crippen LogP contribution in [0.2, 0.25) is 5.02 Å². The second kappa shape index (κ2) is 5.72. The maximum absolute atomic E-state index is 6.18. The highest BCUT2D eigenvalue weighted by Gasteiger charge is 2.11. The van der Waals surface area contributed by atoms with Gasteiger partial charge in [-0.05, 0) is 26.0 Å². The van der Waals surface area contributed by atoms with Crippen LogP contribution in [0, 0.1) is 13.8 Å². The molecule has 0 atom stereocenters. The fraction of sp³-hybridized carbons (Fsp3) is 0.429. The van der Waals surface area contributed by atoms with Crippen molar-refractivity contribution in [1.29, 1.82) is 0 Å². The molecule has 0 aliphatic heterocycles. The molecular formula is C14H19ClN4. The molecule has 0 radical (unpaired) electrons. The minimum atomic E-state index is 0.439. The first-order valence-electron chi connectivity index (χ1n) is 6.39. The highest BCUT2D eigenvalue weighted by Crippen LogP contribution is 2.22. The summed E-state index contributed by atoms with van der Waals surface area (Å²) in [6.07, 6.45) is 1.80. The van der Waals surface area contributed by atoms with Crippen molar-refractivity contribution in [2.45, 2.75) is 40.3 Å². The average Bonchev–Trinajstić information content (AvgIpc) is 2.64. The Kier molecular flexibility index (Phi) is 4.22. The Labute approximate surface area is 118 Å². The van der Waals surface area contributed by atoms with E-state index in [0.29, 0.717) is 6.04 Å². The largest absolute Gasteiger partial charge is 0.309 e. The summed E-state index contributed by atoms with van der Waals surface area (Å²) in [4.78, 5) is 4.36. The lowest BCUT2D eigenvalue weighted by atomic mass is 10.3. The van der Waals surface area contributed by atoms with Crippen LogP contribution in [0.3, 0.4) is 0 Å². The quantitative estimate of drug-likeness (QED) is 0.935. The minimum absolute atomic E-state index is 0.439. The van der Waals surface area contributed by atoms with Crippen molar-refractivity contribution >= 4 is 11.6 Å². The Morgan fingerprint density at radius 2 is 2.11 bits per heavy atom. The summed E-state index contributed by atoms with van der Waals surface area (Å²) >= 11 is 6.18. The Hall–Kier alpha value is -1.39. The molecule has 0 bridgehead atoms. The van der Waals surface area contributed by atoms with Crippen molar-refractivity contribution in [2.75, 3.05) is 0 Å². The maximum atomic E-state index is 6.18. The molecule has 0 aliphatic rings. The summed E-state index contributed by atoms with van der Waals surface area (Å²) in [7, 11) is 0. The smallest absolute Gasteiger partial charge is 0.0848 e. The molecule has 102 valence electrons. The topological polar surface area (TPSA) is 42.7 Å². The molecule has 2 aromatic rings. The van der Waals surface area contributed by atoms with E-state index in [9.17, 15) is 0 Å². The Bertz CT molecular complexity index is 575. The zero-order valence-corrected chi connectivity index (χ0v) is 12.5. The molecule has 0 saturated carbocycles. The van der Waals surface area contributed by atoms with E-state index >= 15 is 0 Å². The molecule has 19 heavy (non-hydrogen) atoms. The van der Waals surface area contributed by atoms with Crippen molar-refractivity contribution in [2.24, 2.45) is 0 Å². The fourth-order valence-corrected chi connectivity index (χ4v) is 2.00. The van der Waals surface area contributed by atoms with Crippen molar-refractivity contribution in [1.82, 2.24) is 20.1 Å². The van der Waals surface area contributed by atoms with E-state index in [0.717, 1.165) is 34.3 Å². The van der Waals surface area contributed by atoms with Gasteiger partial charge in [-0.1, -0.05) is 25.4 Å². The number of nitrogens with zero attached hydrogens (tertiary/aromatic N) is 3. The zero-order valence-electron chi connectivity index (χ0n) is 11.7. The monoisotopic (exact) mass is 278 g/mol. The van der Waals surface area contributed by atoms with Gasteiger partial charge < -0.3 is 5.32 Å². The molecule has 1 N–H and O–H groups in total. The van der Waals surface area contributed by atoms with E-state index in [2.05, 4.69) is 29.2 Å². The van der Waals surface area contributed by atoms with Crippen LogP contribution < -0.4 is 5.32 Å². The molecule has 0 aliphatic carbocycles. The highest BCUT2D eigenvalue weighted by atomic mass is 35.5. The van der Waals surface area contributed by atoms with Gasteiger partial charge in [0.25, 0.3) is 0 Å². The van der Waals surface area contributed by atoms with Gasteiger partial charge >= 0.3 is 0 Å². The number of aromatic nitrogens is 3. The molecule has 0 spiro atoms. The molecule has 4 nitrogen and oxygen atoms in total. The number of hydrogen-bond acceptors (Lipinski definition) is 3. The normalized spacial score (nSPS) is 11.3. The molecule has 0 saturated heterocycles. The predicted molar refractivity (Wildman–Crippen MR) is 77.8 cm³/mol. The van der Waals surface area contributed by atoms with E-state index in [1.807, 2.05) is 30.7 Å². The van der Waals surface area contributed by atoms with E-state index in [1.54, 1.807) is 6.20 Å². The van der Waals surface area contributed by atoms with Gasteiger partial charge in [-0.15, -0.1) is 0 Å². The Morgan fingerprint density at radius 3 is 2.68 bits per heavy atom. The van der Waals surface area contributed by atoms with Crippen LogP contribution in [0.5, 0.6) is 0 Å². The molecule has 2 aromatic heterocycles. The third kappa shape index (κ3) is 3.14. The summed E-state index contributed by atoms with van der Waals surface area (Å²) < 4.78 is 1.86. The number of rotatable bonds is 4. The minimum Gasteiger partial charge on any atom is -0.309 e. The fourth-order valence-electron chi connectivity index (χ4n) is 1.88. The molecule has 2 heterocycles. The maximum Gasteiger partial charge on any atom is 0.0848 e. The second-order valence-corrected chi connectivity index (χ2v) is 5.32. The third-order valence-corrected chi connectivity index (χ3v) is 3.49. The van der Waals surface area contributed by atoms with Crippen LogP contribution in [0.15, 0.2) is 18.3 Å². The molecular weight excluding hydrogens is 260 g/mol. The summed E-state index contributed by atoms with van der Waals surface area (Å²) in [5.41, 5.74) is 3.78. The van der Waals surface area contributed by atoms with E-state index in [1.165, 1.54) is 0 Å². The van der Waals surface area contributed by atoms with Crippen LogP contribution >= 0.6 is 11.6 Å². The van der Waals surface area contributed by atoms with Gasteiger partial charge in [-0.2, -0.15) is 5.10 Å². The highest BCUT2D eigenvalue weighted by molar-refractivity contribution is 6.31. The van der Waals surface area contributed by atoms with Crippen molar-refractivity contribution in [3.8, 4) is 5.69 Å². The predicted octanol–water partition coefficient (Wildman–Crippen LogP) is 3.04. The van der Waals surface area contributed by atoms with Gasteiger partial charge in [-0.25, -0.2) is 4.68 Å². The third-order valence-electron chi connectivity index (χ3n) is 2.94. The van der Waals surface area contributed by atoms with Crippen LogP contribution in [-0.4, -0.2) is 20.8 Å². The van der Waals surface area contributed by atoms with Gasteiger partial charge in [0.05, 0.1) is 27.8 Å². The first kappa shape index (κ1) is 14.0. The zero-order chi connectivity index (χ0) is 14.0. The molecule has 0 amide bonds. The summed E-state index contributed by atoms with van der Waals surface area (Å²) in [5.74, 6) is 0. The second-order valence-electron chi connectivity index (χ2n) is 4.94. The molecule has 5 heteroatoms. The van der Waals surface area contributed by atoms with Gasteiger partial charge in [0.2, 0.25) is 0 Å². The standard InChI is InChI=1S/C14H19ClN4/c1-9(2)17-8-12-7-13(5-6-16-12)19-11(4)14(15)10(3)18-19/h5-7,9,17H,8H2,1-4H3. The van der Waals surface area contributed by atoms with E-state index < -0.39 is 0 Å². The van der Waals surface area contributed by atoms with Gasteiger partial charge in [0.1, 0.15) is 0 Å². The summed E-state index contributed by atoms with van der Waals surface area (Å²) in [5, 5.41) is 8.53. The van der Waals surface area contributed by atoms with Crippen LogP contribution in [0.25, 0.3) is 5.69 Å². The van der Waals surface area contributed by atoms with Crippen LogP contribution in [0.1, 0.15) is 30.9 Å². The molecule has 0 aromatic carbocycles. The number of hydrogen-bond donors (Lipinski definition) is 1. The molecule has 2 rings (SSSR count). The van der Waals surface area contributed by atoms with E-state index in [-0.39, 0.29) is 0 Å². The first-order valence-corrected chi connectivity index (χ1v) is 6.77. The van der Waals surface area contributed by atoms with Crippen LogP contribution in [0.4, 0.5) is 0 Å². The van der Waals surface area contributed by atoms with Gasteiger partial charge in [0.15, 0.2) is 0 Å². The van der Waals surface area contributed by atoms with E-state index in [4.69, 9.17) is 11.6 Å². The molecule has 0 fully saturated rings. The lowest BCUT2D eigenvalue weighted by Crippen LogP contribution is -2.22. The average molecular weight is 279 g/mol. The van der Waals surface area contributed by atoms with Crippen molar-refractivity contribution in [3.63, 3.8) is 0 Å². The lowest BCUT2D eigenvalue weighted by molar-refractivity contribution is 0.581. The lowest BCUT2D eigenvalue weighted by Gasteiger charge is -2.09. The van der Waals surface area contributed by atoms with Crippen molar-refractivity contribution in [3.05, 3.63) is 40.4 Å². The first-order chi connectivity index (χ1) is 8.99.